The van der Waals surface area contributed by atoms with Gasteiger partial charge in [-0.15, -0.1) is 0 Å². The molecule has 1 N–H and O–H groups in total. The number of carbonyl (C=O) groups excluding carboxylic acids is 4. The van der Waals surface area contributed by atoms with E-state index >= 15 is 0 Å². The molecule has 2 bridgehead atoms. The highest BCUT2D eigenvalue weighted by Crippen LogP contribution is 2.52. The van der Waals surface area contributed by atoms with Crippen LogP contribution < -0.4 is 5.32 Å². The zero-order chi connectivity index (χ0) is 20.9. The van der Waals surface area contributed by atoms with Crippen LogP contribution in [0.5, 0.6) is 0 Å². The molecule has 1 saturated carbocycles. The normalized spacial score (nSPS) is 27.9. The zero-order valence-electron chi connectivity index (χ0n) is 15.4. The second kappa shape index (κ2) is 7.46. The largest absolute Gasteiger partial charge is 0.454 e. The molecule has 0 radical (unpaired) electrons. The number of halogens is 2. The van der Waals surface area contributed by atoms with E-state index < -0.39 is 24.5 Å². The van der Waals surface area contributed by atoms with Crippen LogP contribution in [0.15, 0.2) is 30.4 Å². The Labute approximate surface area is 177 Å². The highest BCUT2D eigenvalue weighted by molar-refractivity contribution is 6.35. The third-order valence-corrected chi connectivity index (χ3v) is 6.35. The van der Waals surface area contributed by atoms with Gasteiger partial charge in [0.2, 0.25) is 11.8 Å². The summed E-state index contributed by atoms with van der Waals surface area (Å²) >= 11 is 11.8. The lowest BCUT2D eigenvalue weighted by Crippen LogP contribution is -2.45. The van der Waals surface area contributed by atoms with Crippen LogP contribution in [0.4, 0.5) is 5.69 Å². The van der Waals surface area contributed by atoms with Crippen LogP contribution in [-0.4, -0.2) is 41.2 Å². The summed E-state index contributed by atoms with van der Waals surface area (Å²) in [5, 5.41) is 3.16. The number of nitrogens with one attached hydrogen (secondary N) is 1. The van der Waals surface area contributed by atoms with Gasteiger partial charge >= 0.3 is 5.97 Å². The Hall–Kier alpha value is -2.38. The minimum Gasteiger partial charge on any atom is -0.454 e. The first-order valence-electron chi connectivity index (χ1n) is 9.24. The number of allylic oxidation sites excluding steroid dienone is 2. The summed E-state index contributed by atoms with van der Waals surface area (Å²) in [6, 6.07) is 3.47. The summed E-state index contributed by atoms with van der Waals surface area (Å²) in [6.45, 7) is 0.849. The summed E-state index contributed by atoms with van der Waals surface area (Å²) in [4.78, 5) is 50.9. The molecule has 29 heavy (non-hydrogen) atoms. The molecule has 2 fully saturated rings. The molecule has 3 aliphatic rings. The molecule has 1 aromatic rings. The van der Waals surface area contributed by atoms with Gasteiger partial charge in [-0.1, -0.05) is 35.4 Å². The van der Waals surface area contributed by atoms with Gasteiger partial charge in [0.05, 0.1) is 22.5 Å². The van der Waals surface area contributed by atoms with E-state index in [4.69, 9.17) is 27.9 Å². The Morgan fingerprint density at radius 2 is 1.79 bits per heavy atom. The van der Waals surface area contributed by atoms with E-state index in [9.17, 15) is 19.2 Å². The third-order valence-electron chi connectivity index (χ3n) is 5.78. The van der Waals surface area contributed by atoms with Crippen molar-refractivity contribution in [3.05, 3.63) is 40.4 Å². The van der Waals surface area contributed by atoms with E-state index in [2.05, 4.69) is 5.32 Å². The van der Waals surface area contributed by atoms with Gasteiger partial charge in [-0.25, -0.2) is 4.79 Å². The topological polar surface area (TPSA) is 92.8 Å². The molecule has 5 atom stereocenters. The summed E-state index contributed by atoms with van der Waals surface area (Å²) in [6.07, 6.45) is 4.77. The van der Waals surface area contributed by atoms with Gasteiger partial charge in [-0.3, -0.25) is 19.3 Å². The Balaban J connectivity index is 1.35. The van der Waals surface area contributed by atoms with Gasteiger partial charge < -0.3 is 10.1 Å². The molecule has 1 saturated heterocycles. The van der Waals surface area contributed by atoms with E-state index in [1.807, 2.05) is 12.2 Å². The van der Waals surface area contributed by atoms with Crippen LogP contribution in [0, 0.1) is 23.7 Å². The number of esters is 1. The van der Waals surface area contributed by atoms with Crippen molar-refractivity contribution < 1.29 is 23.9 Å². The van der Waals surface area contributed by atoms with Crippen molar-refractivity contribution in [1.82, 2.24) is 4.90 Å². The molecule has 1 aromatic carbocycles. The summed E-state index contributed by atoms with van der Waals surface area (Å²) < 4.78 is 5.02. The molecule has 7 nitrogen and oxygen atoms in total. The van der Waals surface area contributed by atoms with Gasteiger partial charge in [0, 0.05) is 5.02 Å². The van der Waals surface area contributed by atoms with Crippen LogP contribution in [-0.2, 0) is 23.9 Å². The zero-order valence-corrected chi connectivity index (χ0v) is 16.9. The molecule has 4 rings (SSSR count). The van der Waals surface area contributed by atoms with Crippen LogP contribution in [0.25, 0.3) is 0 Å². The molecule has 0 unspecified atom stereocenters. The number of hydrogen-bond acceptors (Lipinski definition) is 5. The van der Waals surface area contributed by atoms with Crippen LogP contribution >= 0.6 is 23.2 Å². The monoisotopic (exact) mass is 436 g/mol. The first-order valence-corrected chi connectivity index (χ1v) is 10.0. The van der Waals surface area contributed by atoms with Gasteiger partial charge in [-0.2, -0.15) is 0 Å². The quantitative estimate of drug-likeness (QED) is 0.435. The summed E-state index contributed by atoms with van der Waals surface area (Å²) in [5.41, 5.74) is 0.286. The maximum absolute atomic E-state index is 12.7. The third kappa shape index (κ3) is 3.42. The standard InChI is InChI=1S/C20H18Cl2N2O5/c1-9(24-18(26)16-10-2-3-11(6-10)17(16)19(24)27)20(28)29-8-15(25)23-14-7-12(21)4-5-13(14)22/h2-5,7,9-11,16-17H,6,8H2,1H3,(H,23,25)/t9-,10+,11+,16-,17+/m1/s1. The minimum absolute atomic E-state index is 0.0582. The van der Waals surface area contributed by atoms with E-state index in [1.165, 1.54) is 19.1 Å². The van der Waals surface area contributed by atoms with Gasteiger partial charge in [0.15, 0.2) is 6.61 Å². The van der Waals surface area contributed by atoms with E-state index in [-0.39, 0.29) is 46.2 Å². The molecular weight excluding hydrogens is 419 g/mol. The lowest BCUT2D eigenvalue weighted by atomic mass is 9.85. The van der Waals surface area contributed by atoms with Crippen LogP contribution in [0.3, 0.4) is 0 Å². The minimum atomic E-state index is -1.09. The number of amides is 3. The van der Waals surface area contributed by atoms with Crippen molar-refractivity contribution in [2.45, 2.75) is 19.4 Å². The molecule has 0 spiro atoms. The van der Waals surface area contributed by atoms with Crippen molar-refractivity contribution in [1.29, 1.82) is 0 Å². The number of likely N-dealkylation sites (tertiary alicyclic amines) is 1. The van der Waals surface area contributed by atoms with Crippen LogP contribution in [0.2, 0.25) is 10.0 Å². The van der Waals surface area contributed by atoms with Crippen molar-refractivity contribution >= 4 is 52.6 Å². The molecule has 1 heterocycles. The number of benzene rings is 1. The molecule has 9 heteroatoms. The molecule has 2 aliphatic carbocycles. The van der Waals surface area contributed by atoms with Crippen molar-refractivity contribution in [3.8, 4) is 0 Å². The van der Waals surface area contributed by atoms with Crippen molar-refractivity contribution in [2.24, 2.45) is 23.7 Å². The average Bonchev–Trinajstić information content (AvgIpc) is 3.36. The van der Waals surface area contributed by atoms with E-state index in [0.717, 1.165) is 11.3 Å². The highest BCUT2D eigenvalue weighted by Gasteiger charge is 2.60. The Bertz CT molecular complexity index is 917. The number of ether oxygens (including phenoxy) is 1. The Morgan fingerprint density at radius 3 is 2.41 bits per heavy atom. The molecule has 152 valence electrons. The Kier molecular flexibility index (Phi) is 5.12. The van der Waals surface area contributed by atoms with Crippen molar-refractivity contribution in [2.75, 3.05) is 11.9 Å². The number of carbonyl (C=O) groups is 4. The number of nitrogens with zero attached hydrogens (tertiary/aromatic N) is 1. The summed E-state index contributed by atoms with van der Waals surface area (Å²) in [7, 11) is 0. The predicted molar refractivity (Wildman–Crippen MR) is 105 cm³/mol. The maximum atomic E-state index is 12.7. The highest BCUT2D eigenvalue weighted by atomic mass is 35.5. The van der Waals surface area contributed by atoms with Gasteiger partial charge in [0.25, 0.3) is 5.91 Å². The average molecular weight is 437 g/mol. The smallest absolute Gasteiger partial charge is 0.329 e. The fourth-order valence-electron chi connectivity index (χ4n) is 4.45. The first kappa shape index (κ1) is 19.9. The number of imide groups is 1. The SMILES string of the molecule is C[C@H](C(=O)OCC(=O)Nc1cc(Cl)ccc1Cl)N1C(=O)[C@@H]2[C@H](C1=O)[C@H]1C=C[C@H]2C1. The number of fused-ring (bicyclic) bond motifs is 5. The lowest BCUT2D eigenvalue weighted by molar-refractivity contribution is -0.159. The number of anilines is 1. The second-order valence-corrected chi connectivity index (χ2v) is 8.35. The maximum Gasteiger partial charge on any atom is 0.329 e. The molecule has 1 aliphatic heterocycles. The predicted octanol–water partition coefficient (Wildman–Crippen LogP) is 2.67. The van der Waals surface area contributed by atoms with Crippen molar-refractivity contribution in [3.63, 3.8) is 0 Å². The van der Waals surface area contributed by atoms with Crippen LogP contribution in [0.1, 0.15) is 13.3 Å². The lowest BCUT2D eigenvalue weighted by Gasteiger charge is -2.23. The van der Waals surface area contributed by atoms with E-state index in [1.54, 1.807) is 6.07 Å². The fraction of sp³-hybridized carbons (Fsp3) is 0.400. The van der Waals surface area contributed by atoms with Gasteiger partial charge in [-0.05, 0) is 43.4 Å². The molecular formula is C20H18Cl2N2O5. The Morgan fingerprint density at radius 1 is 1.17 bits per heavy atom. The van der Waals surface area contributed by atoms with Gasteiger partial charge in [0.1, 0.15) is 6.04 Å². The summed E-state index contributed by atoms with van der Waals surface area (Å²) in [5.74, 6) is -2.77. The second-order valence-electron chi connectivity index (χ2n) is 7.50. The molecule has 3 amide bonds. The number of hydrogen-bond donors (Lipinski definition) is 1. The first-order chi connectivity index (χ1) is 13.8. The van der Waals surface area contributed by atoms with E-state index in [0.29, 0.717) is 5.02 Å². The molecule has 0 aromatic heterocycles. The fourth-order valence-corrected chi connectivity index (χ4v) is 4.79. The number of rotatable bonds is 5.